The number of carbonyl (C=O) groups excluding carboxylic acids is 1. The molecule has 1 fully saturated rings. The average Bonchev–Trinajstić information content (AvgIpc) is 3.43. The Morgan fingerprint density at radius 3 is 2.58 bits per heavy atom. The van der Waals surface area contributed by atoms with E-state index in [1.165, 1.54) is 11.3 Å². The van der Waals surface area contributed by atoms with Gasteiger partial charge in [0.2, 0.25) is 0 Å². The zero-order valence-electron chi connectivity index (χ0n) is 19.8. The molecule has 10 heteroatoms. The number of rotatable bonds is 8. The summed E-state index contributed by atoms with van der Waals surface area (Å²) in [5.74, 6) is 1.24. The van der Waals surface area contributed by atoms with Gasteiger partial charge in [0, 0.05) is 32.2 Å². The summed E-state index contributed by atoms with van der Waals surface area (Å²) >= 11 is 1.43. The molecule has 0 N–H and O–H groups in total. The molecule has 178 valence electrons. The van der Waals surface area contributed by atoms with Gasteiger partial charge in [-0.05, 0) is 39.0 Å². The minimum atomic E-state index is -0.116. The van der Waals surface area contributed by atoms with Crippen LogP contribution in [0.25, 0.3) is 10.2 Å². The minimum absolute atomic E-state index is 0.0642. The number of methoxy groups -OCH3 is 2. The number of benzene rings is 1. The van der Waals surface area contributed by atoms with E-state index in [4.69, 9.17) is 19.2 Å². The van der Waals surface area contributed by atoms with Gasteiger partial charge in [0.25, 0.3) is 5.91 Å². The Balaban J connectivity index is 1.75. The smallest absolute Gasteiger partial charge is 0.278 e. The van der Waals surface area contributed by atoms with Crippen molar-refractivity contribution in [3.63, 3.8) is 0 Å². The first-order valence-electron chi connectivity index (χ1n) is 11.1. The molecule has 0 unspecified atom stereocenters. The van der Waals surface area contributed by atoms with Crippen LogP contribution in [-0.4, -0.2) is 79.2 Å². The van der Waals surface area contributed by atoms with Gasteiger partial charge in [-0.3, -0.25) is 19.3 Å². The first-order chi connectivity index (χ1) is 15.9. The quantitative estimate of drug-likeness (QED) is 0.496. The van der Waals surface area contributed by atoms with Crippen molar-refractivity contribution in [2.75, 3.05) is 58.5 Å². The second-order valence-corrected chi connectivity index (χ2v) is 9.24. The van der Waals surface area contributed by atoms with Crippen LogP contribution in [0.1, 0.15) is 36.1 Å². The summed E-state index contributed by atoms with van der Waals surface area (Å²) in [6.45, 7) is 10.3. The maximum Gasteiger partial charge on any atom is 0.278 e. The van der Waals surface area contributed by atoms with Crippen molar-refractivity contribution in [2.24, 2.45) is 0 Å². The molecule has 0 bridgehead atoms. The molecule has 0 saturated carbocycles. The monoisotopic (exact) mass is 473 g/mol. The fourth-order valence-corrected chi connectivity index (χ4v) is 5.05. The van der Waals surface area contributed by atoms with Crippen LogP contribution in [0.15, 0.2) is 18.2 Å². The van der Waals surface area contributed by atoms with Gasteiger partial charge >= 0.3 is 0 Å². The molecule has 1 aromatic carbocycles. The van der Waals surface area contributed by atoms with Gasteiger partial charge in [-0.2, -0.15) is 5.10 Å². The number of aromatic nitrogens is 3. The lowest BCUT2D eigenvalue weighted by Gasteiger charge is -2.29. The lowest BCUT2D eigenvalue weighted by molar-refractivity contribution is 0.0391. The number of aryl methyl sites for hydroxylation is 1. The highest BCUT2D eigenvalue weighted by Gasteiger charge is 2.27. The normalized spacial score (nSPS) is 14.7. The topological polar surface area (TPSA) is 82.0 Å². The zero-order valence-corrected chi connectivity index (χ0v) is 20.6. The highest BCUT2D eigenvalue weighted by molar-refractivity contribution is 7.22. The molecule has 1 aliphatic rings. The van der Waals surface area contributed by atoms with Crippen molar-refractivity contribution in [1.82, 2.24) is 19.7 Å². The molecule has 0 aliphatic carbocycles. The third-order valence-electron chi connectivity index (χ3n) is 5.68. The molecule has 0 spiro atoms. The Kier molecular flexibility index (Phi) is 7.16. The van der Waals surface area contributed by atoms with Crippen LogP contribution < -0.4 is 14.4 Å². The Morgan fingerprint density at radius 2 is 1.91 bits per heavy atom. The molecule has 9 nitrogen and oxygen atoms in total. The number of morpholine rings is 1. The second kappa shape index (κ2) is 10.1. The van der Waals surface area contributed by atoms with Crippen molar-refractivity contribution >= 4 is 32.6 Å². The highest BCUT2D eigenvalue weighted by Crippen LogP contribution is 2.40. The second-order valence-electron chi connectivity index (χ2n) is 8.26. The van der Waals surface area contributed by atoms with E-state index in [0.717, 1.165) is 30.0 Å². The molecule has 4 rings (SSSR count). The summed E-state index contributed by atoms with van der Waals surface area (Å²) in [6.07, 6.45) is 0. The highest BCUT2D eigenvalue weighted by atomic mass is 32.1. The van der Waals surface area contributed by atoms with E-state index in [2.05, 4.69) is 10.00 Å². The Morgan fingerprint density at radius 1 is 1.21 bits per heavy atom. The van der Waals surface area contributed by atoms with Gasteiger partial charge in [-0.15, -0.1) is 0 Å². The Hall–Kier alpha value is -2.69. The Labute approximate surface area is 197 Å². The number of fused-ring (bicyclic) bond motifs is 1. The standard InChI is InChI=1S/C23H31N5O4S/c1-15(2)28-17(14-16(3)25-28)22(29)27(9-8-26-10-12-32-13-11-26)23-24-20-18(30-4)6-7-19(31-5)21(20)33-23/h6-7,14-15H,8-13H2,1-5H3. The van der Waals surface area contributed by atoms with Crippen molar-refractivity contribution < 1.29 is 19.0 Å². The van der Waals surface area contributed by atoms with Crippen LogP contribution in [0.3, 0.4) is 0 Å². The predicted octanol–water partition coefficient (Wildman–Crippen LogP) is 3.38. The van der Waals surface area contributed by atoms with Gasteiger partial charge in [0.1, 0.15) is 27.4 Å². The molecule has 3 heterocycles. The minimum Gasteiger partial charge on any atom is -0.495 e. The molecule has 3 aromatic rings. The van der Waals surface area contributed by atoms with E-state index in [-0.39, 0.29) is 11.9 Å². The van der Waals surface area contributed by atoms with Crippen LogP contribution in [0, 0.1) is 6.92 Å². The molecule has 1 aliphatic heterocycles. The number of amides is 1. The average molecular weight is 474 g/mol. The van der Waals surface area contributed by atoms with E-state index in [9.17, 15) is 4.79 Å². The third-order valence-corrected chi connectivity index (χ3v) is 6.78. The predicted molar refractivity (Wildman–Crippen MR) is 129 cm³/mol. The zero-order chi connectivity index (χ0) is 23.5. The summed E-state index contributed by atoms with van der Waals surface area (Å²) < 4.78 is 19.2. The number of nitrogens with zero attached hydrogens (tertiary/aromatic N) is 5. The van der Waals surface area contributed by atoms with Crippen molar-refractivity contribution in [3.8, 4) is 11.5 Å². The van der Waals surface area contributed by atoms with Crippen LogP contribution in [0.4, 0.5) is 5.13 Å². The maximum atomic E-state index is 13.9. The van der Waals surface area contributed by atoms with Crippen LogP contribution >= 0.6 is 11.3 Å². The molecule has 1 amide bonds. The van der Waals surface area contributed by atoms with Crippen molar-refractivity contribution in [3.05, 3.63) is 29.6 Å². The summed E-state index contributed by atoms with van der Waals surface area (Å²) in [6, 6.07) is 5.61. The van der Waals surface area contributed by atoms with Gasteiger partial charge in [0.05, 0.1) is 33.1 Å². The van der Waals surface area contributed by atoms with Crippen LogP contribution in [0.5, 0.6) is 11.5 Å². The summed E-state index contributed by atoms with van der Waals surface area (Å²) in [5, 5.41) is 5.15. The number of ether oxygens (including phenoxy) is 3. The first kappa shape index (κ1) is 23.5. The van der Waals surface area contributed by atoms with Crippen molar-refractivity contribution in [2.45, 2.75) is 26.8 Å². The van der Waals surface area contributed by atoms with Gasteiger partial charge in [-0.25, -0.2) is 4.98 Å². The molecular formula is C23H31N5O4S. The number of hydrogen-bond acceptors (Lipinski definition) is 8. The molecule has 0 atom stereocenters. The first-order valence-corrected chi connectivity index (χ1v) is 11.9. The van der Waals surface area contributed by atoms with Gasteiger partial charge < -0.3 is 14.2 Å². The molecule has 2 aromatic heterocycles. The lowest BCUT2D eigenvalue weighted by atomic mass is 10.3. The van der Waals surface area contributed by atoms with E-state index in [1.807, 2.05) is 39.0 Å². The number of hydrogen-bond donors (Lipinski definition) is 0. The van der Waals surface area contributed by atoms with Crippen LogP contribution in [-0.2, 0) is 4.74 Å². The van der Waals surface area contributed by atoms with Crippen LogP contribution in [0.2, 0.25) is 0 Å². The summed E-state index contributed by atoms with van der Waals surface area (Å²) in [5.41, 5.74) is 2.06. The largest absolute Gasteiger partial charge is 0.495 e. The maximum absolute atomic E-state index is 13.9. The fourth-order valence-electron chi connectivity index (χ4n) is 3.95. The summed E-state index contributed by atoms with van der Waals surface area (Å²) in [4.78, 5) is 22.8. The van der Waals surface area contributed by atoms with Gasteiger partial charge in [-0.1, -0.05) is 11.3 Å². The van der Waals surface area contributed by atoms with E-state index in [1.54, 1.807) is 23.8 Å². The number of thiazole rings is 1. The third kappa shape index (κ3) is 4.83. The van der Waals surface area contributed by atoms with E-state index >= 15 is 0 Å². The van der Waals surface area contributed by atoms with Gasteiger partial charge in [0.15, 0.2) is 5.13 Å². The van der Waals surface area contributed by atoms with Crippen molar-refractivity contribution in [1.29, 1.82) is 0 Å². The lowest BCUT2D eigenvalue weighted by Crippen LogP contribution is -2.43. The molecule has 0 radical (unpaired) electrons. The van der Waals surface area contributed by atoms with E-state index < -0.39 is 0 Å². The fraction of sp³-hybridized carbons (Fsp3) is 0.522. The number of carbonyl (C=O) groups is 1. The Bertz CT molecular complexity index is 1080. The SMILES string of the molecule is COc1ccc(OC)c2sc(N(CCN3CCOCC3)C(=O)c3cc(C)nn3C(C)C)nc12. The molecule has 1 saturated heterocycles. The molecule has 33 heavy (non-hydrogen) atoms. The molecular weight excluding hydrogens is 442 g/mol. The summed E-state index contributed by atoms with van der Waals surface area (Å²) in [7, 11) is 3.25. The number of anilines is 1. The van der Waals surface area contributed by atoms with E-state index in [0.29, 0.717) is 47.6 Å².